The molecule has 1 rings (SSSR count). The number of aliphatic carboxylic acids is 1. The Labute approximate surface area is 91.2 Å². The van der Waals surface area contributed by atoms with Gasteiger partial charge in [0.25, 0.3) is 0 Å². The van der Waals surface area contributed by atoms with Crippen LogP contribution in [0.1, 0.15) is 26.7 Å². The van der Waals surface area contributed by atoms with Gasteiger partial charge in [-0.05, 0) is 32.2 Å². The molecule has 0 spiro atoms. The van der Waals surface area contributed by atoms with Gasteiger partial charge < -0.3 is 9.84 Å². The molecule has 15 heavy (non-hydrogen) atoms. The number of hydrogen-bond donors (Lipinski definition) is 1. The van der Waals surface area contributed by atoms with Crippen LogP contribution in [0.15, 0.2) is 0 Å². The van der Waals surface area contributed by atoms with Gasteiger partial charge in [-0.15, -0.1) is 0 Å². The third-order valence-electron chi connectivity index (χ3n) is 2.99. The van der Waals surface area contributed by atoms with Crippen LogP contribution in [0.5, 0.6) is 0 Å². The lowest BCUT2D eigenvalue weighted by Gasteiger charge is -2.35. The van der Waals surface area contributed by atoms with Gasteiger partial charge in [0.1, 0.15) is 6.04 Å². The van der Waals surface area contributed by atoms with Crippen molar-refractivity contribution in [1.29, 1.82) is 0 Å². The maximum Gasteiger partial charge on any atom is 0.320 e. The summed E-state index contributed by atoms with van der Waals surface area (Å²) in [5, 5.41) is 9.10. The Kier molecular flexibility index (Phi) is 5.05. The zero-order valence-electron chi connectivity index (χ0n) is 9.61. The minimum absolute atomic E-state index is 0.311. The highest BCUT2D eigenvalue weighted by molar-refractivity contribution is 5.73. The molecular weight excluding hydrogens is 194 g/mol. The lowest BCUT2D eigenvalue weighted by molar-refractivity contribution is -0.145. The number of piperidine rings is 1. The molecule has 1 saturated heterocycles. The number of nitrogens with zero attached hydrogens (tertiary/aromatic N) is 1. The van der Waals surface area contributed by atoms with Gasteiger partial charge in [0.15, 0.2) is 0 Å². The molecule has 1 aliphatic rings. The van der Waals surface area contributed by atoms with Crippen LogP contribution in [0.3, 0.4) is 0 Å². The van der Waals surface area contributed by atoms with Gasteiger partial charge in [-0.25, -0.2) is 0 Å². The van der Waals surface area contributed by atoms with Crippen LogP contribution in [-0.4, -0.2) is 48.3 Å². The van der Waals surface area contributed by atoms with Gasteiger partial charge >= 0.3 is 5.97 Å². The molecule has 1 aliphatic heterocycles. The van der Waals surface area contributed by atoms with Gasteiger partial charge in [0.05, 0.1) is 6.61 Å². The third kappa shape index (κ3) is 3.80. The van der Waals surface area contributed by atoms with Crippen molar-refractivity contribution in [3.8, 4) is 0 Å². The second-order valence-corrected chi connectivity index (χ2v) is 4.22. The Morgan fingerprint density at radius 1 is 1.60 bits per heavy atom. The number of ether oxygens (including phenoxy) is 1. The van der Waals surface area contributed by atoms with Gasteiger partial charge in [-0.2, -0.15) is 0 Å². The monoisotopic (exact) mass is 215 g/mol. The predicted octanol–water partition coefficient (Wildman–Crippen LogP) is 1.21. The maximum absolute atomic E-state index is 11.1. The summed E-state index contributed by atoms with van der Waals surface area (Å²) in [5.74, 6) is -0.174. The molecule has 88 valence electrons. The molecule has 2 atom stereocenters. The maximum atomic E-state index is 11.1. The molecule has 0 aromatic carbocycles. The summed E-state index contributed by atoms with van der Waals surface area (Å²) in [4.78, 5) is 13.1. The van der Waals surface area contributed by atoms with Crippen molar-refractivity contribution < 1.29 is 14.6 Å². The molecule has 0 bridgehead atoms. The van der Waals surface area contributed by atoms with E-state index in [-0.39, 0.29) is 6.04 Å². The molecule has 1 heterocycles. The van der Waals surface area contributed by atoms with Crippen molar-refractivity contribution >= 4 is 5.97 Å². The van der Waals surface area contributed by atoms with Crippen molar-refractivity contribution in [2.45, 2.75) is 32.7 Å². The zero-order chi connectivity index (χ0) is 11.3. The standard InChI is InChI=1S/C11H21NO3/c1-3-15-7-6-12-5-4-9(2)8-10(12)11(13)14/h9-10H,3-8H2,1-2H3,(H,13,14). The molecule has 0 radical (unpaired) electrons. The van der Waals surface area contributed by atoms with Gasteiger partial charge in [0, 0.05) is 13.2 Å². The molecule has 0 saturated carbocycles. The first kappa shape index (κ1) is 12.5. The molecule has 0 aromatic rings. The fraction of sp³-hybridized carbons (Fsp3) is 0.909. The van der Waals surface area contributed by atoms with Crippen molar-refractivity contribution in [2.75, 3.05) is 26.3 Å². The van der Waals surface area contributed by atoms with E-state index in [9.17, 15) is 4.79 Å². The van der Waals surface area contributed by atoms with Crippen molar-refractivity contribution in [2.24, 2.45) is 5.92 Å². The van der Waals surface area contributed by atoms with Gasteiger partial charge in [0.2, 0.25) is 0 Å². The number of carboxylic acids is 1. The first-order chi connectivity index (χ1) is 7.15. The molecule has 0 aliphatic carbocycles. The SMILES string of the molecule is CCOCCN1CCC(C)CC1C(=O)O. The molecule has 4 heteroatoms. The minimum Gasteiger partial charge on any atom is -0.480 e. The van der Waals surface area contributed by atoms with Crippen LogP contribution in [-0.2, 0) is 9.53 Å². The summed E-state index contributed by atoms with van der Waals surface area (Å²) in [6.45, 7) is 7.02. The number of carbonyl (C=O) groups is 1. The number of rotatable bonds is 5. The van der Waals surface area contributed by atoms with Crippen molar-refractivity contribution in [3.63, 3.8) is 0 Å². The van der Waals surface area contributed by atoms with Crippen molar-refractivity contribution in [3.05, 3.63) is 0 Å². The van der Waals surface area contributed by atoms with E-state index < -0.39 is 5.97 Å². The van der Waals surface area contributed by atoms with Gasteiger partial charge in [-0.1, -0.05) is 6.92 Å². The molecule has 0 amide bonds. The first-order valence-corrected chi connectivity index (χ1v) is 5.69. The highest BCUT2D eigenvalue weighted by atomic mass is 16.5. The Bertz CT molecular complexity index is 208. The highest BCUT2D eigenvalue weighted by Crippen LogP contribution is 2.22. The molecule has 0 aromatic heterocycles. The second-order valence-electron chi connectivity index (χ2n) is 4.22. The van der Waals surface area contributed by atoms with Gasteiger partial charge in [-0.3, -0.25) is 9.69 Å². The average Bonchev–Trinajstić information content (AvgIpc) is 2.20. The average molecular weight is 215 g/mol. The lowest BCUT2D eigenvalue weighted by atomic mass is 9.92. The summed E-state index contributed by atoms with van der Waals surface area (Å²) in [5.41, 5.74) is 0. The van der Waals surface area contributed by atoms with E-state index in [4.69, 9.17) is 9.84 Å². The van der Waals surface area contributed by atoms with E-state index in [1.165, 1.54) is 0 Å². The molecule has 1 N–H and O–H groups in total. The third-order valence-corrected chi connectivity index (χ3v) is 2.99. The number of likely N-dealkylation sites (tertiary alicyclic amines) is 1. The van der Waals surface area contributed by atoms with Crippen LogP contribution in [0.2, 0.25) is 0 Å². The molecule has 1 fully saturated rings. The van der Waals surface area contributed by atoms with E-state index in [0.717, 1.165) is 25.9 Å². The van der Waals surface area contributed by atoms with E-state index in [1.807, 2.05) is 11.8 Å². The summed E-state index contributed by atoms with van der Waals surface area (Å²) >= 11 is 0. The second kappa shape index (κ2) is 6.08. The Morgan fingerprint density at radius 2 is 2.33 bits per heavy atom. The van der Waals surface area contributed by atoms with Crippen LogP contribution >= 0.6 is 0 Å². The predicted molar refractivity (Wildman–Crippen MR) is 57.9 cm³/mol. The summed E-state index contributed by atoms with van der Waals surface area (Å²) < 4.78 is 5.26. The van der Waals surface area contributed by atoms with E-state index in [0.29, 0.717) is 19.1 Å². The van der Waals surface area contributed by atoms with Crippen LogP contribution < -0.4 is 0 Å². The van der Waals surface area contributed by atoms with Crippen molar-refractivity contribution in [1.82, 2.24) is 4.90 Å². The summed E-state index contributed by atoms with van der Waals surface area (Å²) in [6, 6.07) is -0.311. The quantitative estimate of drug-likeness (QED) is 0.700. The van der Waals surface area contributed by atoms with E-state index in [2.05, 4.69) is 6.92 Å². The Morgan fingerprint density at radius 3 is 2.93 bits per heavy atom. The Balaban J connectivity index is 2.42. The minimum atomic E-state index is -0.696. The van der Waals surface area contributed by atoms with E-state index >= 15 is 0 Å². The zero-order valence-corrected chi connectivity index (χ0v) is 9.61. The molecule has 4 nitrogen and oxygen atoms in total. The highest BCUT2D eigenvalue weighted by Gasteiger charge is 2.31. The normalized spacial score (nSPS) is 27.9. The smallest absolute Gasteiger partial charge is 0.320 e. The van der Waals surface area contributed by atoms with Crippen LogP contribution in [0.4, 0.5) is 0 Å². The topological polar surface area (TPSA) is 49.8 Å². The van der Waals surface area contributed by atoms with E-state index in [1.54, 1.807) is 0 Å². The number of hydrogen-bond acceptors (Lipinski definition) is 3. The van der Waals surface area contributed by atoms with Crippen LogP contribution in [0.25, 0.3) is 0 Å². The Hall–Kier alpha value is -0.610. The summed E-state index contributed by atoms with van der Waals surface area (Å²) in [6.07, 6.45) is 1.86. The number of carboxylic acid groups (broad SMARTS) is 1. The van der Waals surface area contributed by atoms with Crippen LogP contribution in [0, 0.1) is 5.92 Å². The fourth-order valence-electron chi connectivity index (χ4n) is 2.04. The fourth-order valence-corrected chi connectivity index (χ4v) is 2.04. The first-order valence-electron chi connectivity index (χ1n) is 5.69. The lowest BCUT2D eigenvalue weighted by Crippen LogP contribution is -2.48. The molecular formula is C11H21NO3. The largest absolute Gasteiger partial charge is 0.480 e. The molecule has 2 unspecified atom stereocenters. The summed E-state index contributed by atoms with van der Waals surface area (Å²) in [7, 11) is 0.